The van der Waals surface area contributed by atoms with Crippen LogP contribution in [-0.4, -0.2) is 77.2 Å². The van der Waals surface area contributed by atoms with Gasteiger partial charge >= 0.3 is 14.8 Å². The summed E-state index contributed by atoms with van der Waals surface area (Å²) >= 11 is 0. The molecule has 0 aromatic carbocycles. The molecular weight excluding hydrogens is 512 g/mol. The molecule has 7 atom stereocenters. The van der Waals surface area contributed by atoms with E-state index in [0.717, 1.165) is 0 Å². The Hall–Kier alpha value is -0.633. The fraction of sp³-hybridized carbons (Fsp3) is 0.963. The second-order valence-electron chi connectivity index (χ2n) is 9.32. The predicted octanol–water partition coefficient (Wildman–Crippen LogP) is 5.47. The van der Waals surface area contributed by atoms with E-state index in [1.807, 2.05) is 62.3 Å². The fourth-order valence-electron chi connectivity index (χ4n) is 4.25. The molecule has 226 valence electrons. The van der Waals surface area contributed by atoms with E-state index in [1.165, 1.54) is 0 Å². The molecule has 0 aromatic rings. The van der Waals surface area contributed by atoms with Crippen molar-refractivity contribution in [3.8, 4) is 0 Å². The first-order valence-electron chi connectivity index (χ1n) is 14.6. The number of esters is 1. The van der Waals surface area contributed by atoms with Crippen molar-refractivity contribution in [2.45, 2.75) is 150 Å². The summed E-state index contributed by atoms with van der Waals surface area (Å²) in [7, 11) is -3.42. The van der Waals surface area contributed by atoms with E-state index in [9.17, 15) is 4.79 Å². The van der Waals surface area contributed by atoms with E-state index < -0.39 is 39.2 Å². The van der Waals surface area contributed by atoms with E-state index >= 15 is 0 Å². The van der Waals surface area contributed by atoms with Gasteiger partial charge in [-0.2, -0.15) is 0 Å². The van der Waals surface area contributed by atoms with Crippen molar-refractivity contribution in [3.63, 3.8) is 0 Å². The summed E-state index contributed by atoms with van der Waals surface area (Å²) in [6.45, 7) is 20.6. The summed E-state index contributed by atoms with van der Waals surface area (Å²) in [6.07, 6.45) is 1.11. The van der Waals surface area contributed by atoms with E-state index in [2.05, 4.69) is 0 Å². The summed E-state index contributed by atoms with van der Waals surface area (Å²) in [5.74, 6) is -1.43. The molecule has 1 saturated heterocycles. The molecule has 1 aliphatic rings. The van der Waals surface area contributed by atoms with Crippen LogP contribution in [0.5, 0.6) is 0 Å². The van der Waals surface area contributed by atoms with Crippen LogP contribution in [0.4, 0.5) is 0 Å². The third-order valence-corrected chi connectivity index (χ3v) is 9.67. The molecule has 38 heavy (non-hydrogen) atoms. The Morgan fingerprint density at radius 3 is 1.97 bits per heavy atom. The summed E-state index contributed by atoms with van der Waals surface area (Å²) < 4.78 is 55.4. The third-order valence-electron chi connectivity index (χ3n) is 6.26. The highest BCUT2D eigenvalue weighted by Gasteiger charge is 2.53. The quantitative estimate of drug-likeness (QED) is 0.101. The molecule has 1 rings (SSSR count). The van der Waals surface area contributed by atoms with E-state index in [0.29, 0.717) is 51.9 Å². The van der Waals surface area contributed by atoms with Crippen molar-refractivity contribution >= 4 is 14.8 Å². The smallest absolute Gasteiger partial charge is 0.436 e. The molecule has 0 N–H and O–H groups in total. The Morgan fingerprint density at radius 2 is 1.55 bits per heavy atom. The molecule has 11 heteroatoms. The van der Waals surface area contributed by atoms with Crippen LogP contribution in [-0.2, 0) is 46.5 Å². The van der Waals surface area contributed by atoms with Gasteiger partial charge in [-0.05, 0) is 47.0 Å². The van der Waals surface area contributed by atoms with Crippen molar-refractivity contribution < 1.29 is 46.5 Å². The van der Waals surface area contributed by atoms with Gasteiger partial charge in [0.2, 0.25) is 6.29 Å². The predicted molar refractivity (Wildman–Crippen MR) is 145 cm³/mol. The topological polar surface area (TPSA) is 100 Å². The van der Waals surface area contributed by atoms with Crippen molar-refractivity contribution in [3.05, 3.63) is 0 Å². The van der Waals surface area contributed by atoms with Gasteiger partial charge in [0, 0.05) is 32.5 Å². The summed E-state index contributed by atoms with van der Waals surface area (Å²) in [6, 6.07) is 0. The minimum atomic E-state index is -3.42. The molecule has 0 bridgehead atoms. The number of carbonyl (C=O) groups excluding carboxylic acids is 1. The standard InChI is InChI=1S/C27H54O10Si/c1-11-22(32-25(14-4)36-27(16-6)29-19-20(9)35-27)21(10)37-38(30-17-7,31-18-8)26(15-5)34-24(13-3)33-23(28)12-2/h20-22,24-26H,11-19H2,1-10H3. The van der Waals surface area contributed by atoms with Gasteiger partial charge in [-0.1, -0.05) is 41.5 Å². The Bertz CT molecular complexity index is 647. The van der Waals surface area contributed by atoms with Gasteiger partial charge in [0.15, 0.2) is 6.29 Å². The second-order valence-corrected chi connectivity index (χ2v) is 12.0. The van der Waals surface area contributed by atoms with Crippen molar-refractivity contribution in [2.24, 2.45) is 0 Å². The Balaban J connectivity index is 3.11. The number of hydrogen-bond donors (Lipinski definition) is 0. The van der Waals surface area contributed by atoms with Crippen LogP contribution in [0, 0.1) is 0 Å². The fourth-order valence-corrected chi connectivity index (χ4v) is 7.29. The first-order chi connectivity index (χ1) is 18.1. The van der Waals surface area contributed by atoms with Crippen molar-refractivity contribution in [2.75, 3.05) is 19.8 Å². The van der Waals surface area contributed by atoms with Crippen molar-refractivity contribution in [1.29, 1.82) is 0 Å². The maximum absolute atomic E-state index is 11.9. The van der Waals surface area contributed by atoms with Crippen LogP contribution in [0.1, 0.15) is 108 Å². The van der Waals surface area contributed by atoms with Gasteiger partial charge in [-0.25, -0.2) is 0 Å². The van der Waals surface area contributed by atoms with Gasteiger partial charge in [0.25, 0.3) is 5.97 Å². The van der Waals surface area contributed by atoms with E-state index in [4.69, 9.17) is 41.7 Å². The second kappa shape index (κ2) is 17.9. The molecule has 0 radical (unpaired) electrons. The van der Waals surface area contributed by atoms with E-state index in [1.54, 1.807) is 6.92 Å². The van der Waals surface area contributed by atoms with Crippen LogP contribution in [0.3, 0.4) is 0 Å². The molecule has 1 aliphatic heterocycles. The SMILES string of the molecule is CCO[Si](OCC)(OC(C)C(CC)OC(CC)OC1(CC)OCC(C)O1)C(CC)OC(CC)OC(=O)CC. The first kappa shape index (κ1) is 35.4. The molecule has 0 saturated carbocycles. The molecule has 0 aromatic heterocycles. The number of hydrogen-bond acceptors (Lipinski definition) is 10. The van der Waals surface area contributed by atoms with Gasteiger partial charge in [-0.3, -0.25) is 9.53 Å². The van der Waals surface area contributed by atoms with Gasteiger partial charge < -0.3 is 37.0 Å². The molecule has 0 amide bonds. The van der Waals surface area contributed by atoms with Crippen LogP contribution in [0.25, 0.3) is 0 Å². The van der Waals surface area contributed by atoms with Crippen LogP contribution >= 0.6 is 0 Å². The Kier molecular flexibility index (Phi) is 16.7. The Morgan fingerprint density at radius 1 is 0.921 bits per heavy atom. The maximum atomic E-state index is 11.9. The molecule has 1 fully saturated rings. The first-order valence-corrected chi connectivity index (χ1v) is 16.4. The van der Waals surface area contributed by atoms with Crippen molar-refractivity contribution in [1.82, 2.24) is 0 Å². The van der Waals surface area contributed by atoms with Crippen LogP contribution < -0.4 is 0 Å². The highest BCUT2D eigenvalue weighted by molar-refractivity contribution is 6.62. The zero-order chi connectivity index (χ0) is 28.8. The average Bonchev–Trinajstić information content (AvgIpc) is 3.29. The number of carbonyl (C=O) groups is 1. The molecule has 0 aliphatic carbocycles. The normalized spacial score (nSPS) is 24.1. The average molecular weight is 567 g/mol. The monoisotopic (exact) mass is 566 g/mol. The summed E-state index contributed by atoms with van der Waals surface area (Å²) in [4.78, 5) is 11.9. The van der Waals surface area contributed by atoms with Gasteiger partial charge in [0.05, 0.1) is 24.9 Å². The third kappa shape index (κ3) is 10.4. The minimum absolute atomic E-state index is 0.0461. The summed E-state index contributed by atoms with van der Waals surface area (Å²) in [5.41, 5.74) is -0.527. The molecule has 0 spiro atoms. The highest BCUT2D eigenvalue weighted by atomic mass is 28.4. The lowest BCUT2D eigenvalue weighted by atomic mass is 10.2. The molecule has 1 heterocycles. The molecule has 7 unspecified atom stereocenters. The maximum Gasteiger partial charge on any atom is 0.531 e. The number of ether oxygens (including phenoxy) is 6. The molecule has 10 nitrogen and oxygen atoms in total. The number of rotatable bonds is 21. The van der Waals surface area contributed by atoms with E-state index in [-0.39, 0.29) is 24.6 Å². The van der Waals surface area contributed by atoms with Crippen LogP contribution in [0.2, 0.25) is 0 Å². The zero-order valence-electron chi connectivity index (χ0n) is 25.4. The lowest BCUT2D eigenvalue weighted by Gasteiger charge is -2.40. The largest absolute Gasteiger partial charge is 0.531 e. The van der Waals surface area contributed by atoms with Gasteiger partial charge in [-0.15, -0.1) is 0 Å². The van der Waals surface area contributed by atoms with Gasteiger partial charge in [0.1, 0.15) is 5.73 Å². The lowest BCUT2D eigenvalue weighted by Crippen LogP contribution is -2.61. The Labute approximate surface area is 231 Å². The highest BCUT2D eigenvalue weighted by Crippen LogP contribution is 2.32. The lowest BCUT2D eigenvalue weighted by molar-refractivity contribution is -0.392. The molecular formula is C27H54O10Si. The summed E-state index contributed by atoms with van der Waals surface area (Å²) in [5, 5.41) is 0. The minimum Gasteiger partial charge on any atom is -0.436 e. The van der Waals surface area contributed by atoms with Crippen LogP contribution in [0.15, 0.2) is 0 Å². The zero-order valence-corrected chi connectivity index (χ0v) is 26.4.